The Kier molecular flexibility index (Phi) is 6.92. The average molecular weight is 604 g/mol. The maximum absolute atomic E-state index is 14.0. The number of benzene rings is 4. The van der Waals surface area contributed by atoms with Crippen LogP contribution in [0.2, 0.25) is 0 Å². The molecule has 0 saturated carbocycles. The first-order chi connectivity index (χ1) is 20.8. The van der Waals surface area contributed by atoms with Crippen molar-refractivity contribution in [1.29, 1.82) is 0 Å². The number of aromatic nitrogens is 1. The van der Waals surface area contributed by atoms with Crippen LogP contribution in [0.25, 0.3) is 38.7 Å². The van der Waals surface area contributed by atoms with Gasteiger partial charge in [-0.1, -0.05) is 36.4 Å². The van der Waals surface area contributed by atoms with Gasteiger partial charge in [-0.15, -0.1) is 0 Å². The molecule has 5 aromatic rings. The van der Waals surface area contributed by atoms with Gasteiger partial charge in [0.1, 0.15) is 23.2 Å². The Hall–Kier alpha value is -4.83. The van der Waals surface area contributed by atoms with Crippen molar-refractivity contribution in [3.63, 3.8) is 0 Å². The van der Waals surface area contributed by atoms with Gasteiger partial charge in [-0.3, -0.25) is 4.79 Å². The van der Waals surface area contributed by atoms with E-state index in [1.807, 2.05) is 36.4 Å². The summed E-state index contributed by atoms with van der Waals surface area (Å²) in [6.07, 6.45) is -4.70. The maximum atomic E-state index is 14.0. The molecule has 226 valence electrons. The van der Waals surface area contributed by atoms with Crippen LogP contribution in [0.15, 0.2) is 77.6 Å². The fourth-order valence-electron chi connectivity index (χ4n) is 5.87. The van der Waals surface area contributed by atoms with Crippen molar-refractivity contribution < 1.29 is 37.3 Å². The topological polar surface area (TPSA) is 87.0 Å². The first-order valence-corrected chi connectivity index (χ1v) is 13.8. The van der Waals surface area contributed by atoms with Crippen molar-refractivity contribution in [1.82, 2.24) is 4.57 Å². The van der Waals surface area contributed by atoms with Crippen LogP contribution in [0, 0.1) is 0 Å². The molecule has 0 aliphatic carbocycles. The van der Waals surface area contributed by atoms with E-state index in [9.17, 15) is 27.9 Å². The number of aryl methyl sites for hydroxylation is 1. The number of pyridine rings is 1. The van der Waals surface area contributed by atoms with Gasteiger partial charge in [0.15, 0.2) is 6.10 Å². The lowest BCUT2D eigenvalue weighted by molar-refractivity contribution is -0.171. The molecule has 4 aromatic carbocycles. The second-order valence-corrected chi connectivity index (χ2v) is 11.3. The summed E-state index contributed by atoms with van der Waals surface area (Å²) in [5, 5.41) is 14.3. The molecule has 0 unspecified atom stereocenters. The lowest BCUT2D eigenvalue weighted by Gasteiger charge is -2.42. The zero-order valence-electron chi connectivity index (χ0n) is 24.2. The summed E-state index contributed by atoms with van der Waals surface area (Å²) in [5.74, 6) is -0.292. The molecule has 44 heavy (non-hydrogen) atoms. The lowest BCUT2D eigenvalue weighted by atomic mass is 9.86. The summed E-state index contributed by atoms with van der Waals surface area (Å²) in [4.78, 5) is 26.9. The van der Waals surface area contributed by atoms with Crippen molar-refractivity contribution in [3.8, 4) is 11.5 Å². The van der Waals surface area contributed by atoms with Crippen LogP contribution in [0.3, 0.4) is 0 Å². The molecule has 0 bridgehead atoms. The standard InChI is InChI=1S/C34H28F3NO6/c1-33(2)32(43-26(39)14-11-18-9-12-21(13-10-18)34(35,36)37)31(41)28-25(44-33)17-24(42-4)27-29(28)38(3)23-16-20-8-6-5-7-19(20)15-22(23)30(27)40/h5-17,31-32,41H,1-4H3/t31-,32-/m0/s1. The van der Waals surface area contributed by atoms with Crippen LogP contribution in [0.4, 0.5) is 13.2 Å². The van der Waals surface area contributed by atoms with Gasteiger partial charge in [0.05, 0.1) is 34.7 Å². The third-order valence-corrected chi connectivity index (χ3v) is 8.05. The maximum Gasteiger partial charge on any atom is 0.416 e. The van der Waals surface area contributed by atoms with Crippen LogP contribution < -0.4 is 14.9 Å². The molecule has 0 radical (unpaired) electrons. The third-order valence-electron chi connectivity index (χ3n) is 8.05. The van der Waals surface area contributed by atoms with E-state index in [0.717, 1.165) is 29.0 Å². The number of nitrogens with zero attached hydrogens (tertiary/aromatic N) is 1. The third kappa shape index (κ3) is 4.85. The summed E-state index contributed by atoms with van der Waals surface area (Å²) in [5.41, 5.74) is -0.692. The smallest absolute Gasteiger partial charge is 0.416 e. The number of esters is 1. The monoisotopic (exact) mass is 603 g/mol. The van der Waals surface area contributed by atoms with Crippen LogP contribution in [-0.4, -0.2) is 34.5 Å². The number of alkyl halides is 3. The van der Waals surface area contributed by atoms with Gasteiger partial charge in [-0.05, 0) is 60.5 Å². The van der Waals surface area contributed by atoms with E-state index in [2.05, 4.69) is 0 Å². The number of aliphatic hydroxyl groups is 1. The predicted octanol–water partition coefficient (Wildman–Crippen LogP) is 6.70. The molecule has 0 amide bonds. The van der Waals surface area contributed by atoms with E-state index in [1.54, 1.807) is 31.5 Å². The van der Waals surface area contributed by atoms with Gasteiger partial charge >= 0.3 is 12.1 Å². The summed E-state index contributed by atoms with van der Waals surface area (Å²) in [6, 6.07) is 17.3. The molecule has 6 rings (SSSR count). The van der Waals surface area contributed by atoms with Gasteiger partial charge < -0.3 is 23.9 Å². The van der Waals surface area contributed by atoms with E-state index in [4.69, 9.17) is 14.2 Å². The minimum Gasteiger partial charge on any atom is -0.496 e. The van der Waals surface area contributed by atoms with Crippen LogP contribution >= 0.6 is 0 Å². The lowest BCUT2D eigenvalue weighted by Crippen LogP contribution is -2.51. The Balaban J connectivity index is 1.43. The van der Waals surface area contributed by atoms with Gasteiger partial charge in [0.2, 0.25) is 5.43 Å². The number of aliphatic hydroxyl groups excluding tert-OH is 1. The summed E-state index contributed by atoms with van der Waals surface area (Å²) >= 11 is 0. The molecule has 0 spiro atoms. The normalized spacial score (nSPS) is 18.0. The number of hydrogen-bond acceptors (Lipinski definition) is 6. The van der Waals surface area contributed by atoms with Gasteiger partial charge in [0.25, 0.3) is 0 Å². The molecule has 1 aliphatic rings. The molecule has 0 fully saturated rings. The molecule has 1 aromatic heterocycles. The SMILES string of the molecule is COc1cc2c(c3c1c(=O)c1cc4ccccc4cc1n3C)[C@H](O)[C@H](OC(=O)C=Cc1ccc(C(F)(F)F)cc1)C(C)(C)O2. The molecule has 7 nitrogen and oxygen atoms in total. The number of rotatable bonds is 4. The minimum absolute atomic E-state index is 0.242. The van der Waals surface area contributed by atoms with Crippen molar-refractivity contribution in [2.75, 3.05) is 7.11 Å². The van der Waals surface area contributed by atoms with Crippen LogP contribution in [0.5, 0.6) is 11.5 Å². The van der Waals surface area contributed by atoms with Crippen LogP contribution in [0.1, 0.15) is 36.6 Å². The number of ether oxygens (including phenoxy) is 3. The summed E-state index contributed by atoms with van der Waals surface area (Å²) < 4.78 is 58.0. The Labute approximate surface area is 249 Å². The zero-order valence-corrected chi connectivity index (χ0v) is 24.2. The van der Waals surface area contributed by atoms with Crippen molar-refractivity contribution in [2.24, 2.45) is 7.05 Å². The molecular weight excluding hydrogens is 575 g/mol. The number of hydrogen-bond donors (Lipinski definition) is 1. The van der Waals surface area contributed by atoms with Crippen LogP contribution in [-0.2, 0) is 22.8 Å². The summed E-state index contributed by atoms with van der Waals surface area (Å²) in [7, 11) is 3.22. The Morgan fingerprint density at radius 3 is 2.34 bits per heavy atom. The average Bonchev–Trinajstić information content (AvgIpc) is 2.98. The van der Waals surface area contributed by atoms with E-state index >= 15 is 0 Å². The fourth-order valence-corrected chi connectivity index (χ4v) is 5.87. The van der Waals surface area contributed by atoms with Gasteiger partial charge in [-0.25, -0.2) is 4.79 Å². The first-order valence-electron chi connectivity index (χ1n) is 13.8. The number of methoxy groups -OCH3 is 1. The predicted molar refractivity (Wildman–Crippen MR) is 161 cm³/mol. The highest BCUT2D eigenvalue weighted by atomic mass is 19.4. The van der Waals surface area contributed by atoms with Gasteiger partial charge in [0, 0.05) is 24.6 Å². The number of carbonyl (C=O) groups excluding carboxylic acids is 1. The zero-order chi connectivity index (χ0) is 31.6. The number of fused-ring (bicyclic) bond motifs is 5. The molecular formula is C34H28F3NO6. The number of halogens is 3. The first kappa shape index (κ1) is 29.3. The van der Waals surface area contributed by atoms with Crippen molar-refractivity contribution >= 4 is 44.6 Å². The molecule has 2 heterocycles. The minimum atomic E-state index is -4.47. The van der Waals surface area contributed by atoms with Crippen molar-refractivity contribution in [3.05, 3.63) is 99.7 Å². The largest absolute Gasteiger partial charge is 0.496 e. The molecule has 2 atom stereocenters. The van der Waals surface area contributed by atoms with E-state index in [1.165, 1.54) is 25.3 Å². The summed E-state index contributed by atoms with van der Waals surface area (Å²) in [6.45, 7) is 3.30. The highest BCUT2D eigenvalue weighted by Crippen LogP contribution is 2.47. The van der Waals surface area contributed by atoms with E-state index < -0.39 is 35.5 Å². The fraction of sp³-hybridized carbons (Fsp3) is 0.235. The quantitative estimate of drug-likeness (QED) is 0.140. The second kappa shape index (κ2) is 10.4. The Morgan fingerprint density at radius 2 is 1.70 bits per heavy atom. The second-order valence-electron chi connectivity index (χ2n) is 11.3. The molecule has 0 saturated heterocycles. The highest BCUT2D eigenvalue weighted by molar-refractivity contribution is 6.04. The molecule has 1 N–H and O–H groups in total. The molecule has 10 heteroatoms. The molecule has 1 aliphatic heterocycles. The van der Waals surface area contributed by atoms with Gasteiger partial charge in [-0.2, -0.15) is 13.2 Å². The van der Waals surface area contributed by atoms with E-state index in [-0.39, 0.29) is 27.9 Å². The van der Waals surface area contributed by atoms with Crippen molar-refractivity contribution in [2.45, 2.75) is 37.8 Å². The van der Waals surface area contributed by atoms with E-state index in [0.29, 0.717) is 22.0 Å². The Morgan fingerprint density at radius 1 is 1.05 bits per heavy atom. The highest BCUT2D eigenvalue weighted by Gasteiger charge is 2.47. The Bertz CT molecular complexity index is 2040. The number of carbonyl (C=O) groups is 1.